The Morgan fingerprint density at radius 3 is 2.06 bits per heavy atom. The van der Waals surface area contributed by atoms with Crippen LogP contribution in [-0.2, 0) is 0 Å². The third-order valence-electron chi connectivity index (χ3n) is 5.73. The first-order chi connectivity index (χ1) is 17.0. The number of amidine groups is 1. The Morgan fingerprint density at radius 2 is 1.46 bits per heavy atom. The van der Waals surface area contributed by atoms with Crippen LogP contribution in [0.15, 0.2) is 77.8 Å². The van der Waals surface area contributed by atoms with Crippen molar-refractivity contribution < 1.29 is 9.59 Å². The van der Waals surface area contributed by atoms with Crippen LogP contribution >= 0.6 is 11.6 Å². The summed E-state index contributed by atoms with van der Waals surface area (Å²) in [5.41, 5.74) is 4.84. The number of nitrogens with zero attached hydrogens (tertiary/aromatic N) is 1. The Balaban J connectivity index is 1.31. The molecular weight excluding hydrogens is 462 g/mol. The van der Waals surface area contributed by atoms with Gasteiger partial charge < -0.3 is 21.3 Å². The van der Waals surface area contributed by atoms with Gasteiger partial charge in [-0.15, -0.1) is 0 Å². The SMILES string of the molecule is O=C(Nc1cccc(C2=CCCN2)c1)c1cc(Cl)cc(C(=O)Nc2cccc(C3=NCCN3)c2)c1. The predicted octanol–water partition coefficient (Wildman–Crippen LogP) is 4.53. The van der Waals surface area contributed by atoms with Gasteiger partial charge >= 0.3 is 0 Å². The molecule has 0 atom stereocenters. The summed E-state index contributed by atoms with van der Waals surface area (Å²) in [6.07, 6.45) is 3.12. The number of carbonyl (C=O) groups is 2. The van der Waals surface area contributed by atoms with E-state index in [1.165, 1.54) is 6.07 Å². The topological polar surface area (TPSA) is 94.6 Å². The second-order valence-electron chi connectivity index (χ2n) is 8.29. The number of aliphatic imine (C=N–C) groups is 1. The minimum Gasteiger partial charge on any atom is -0.385 e. The standard InChI is InChI=1S/C27H24ClN5O2/c28-21-13-19(26(34)32-22-6-1-4-17(15-22)24-8-3-9-29-24)12-20(14-21)27(35)33-23-7-2-5-18(16-23)25-30-10-11-31-25/h1-2,4-8,12-16,29H,3,9-11H2,(H,30,31)(H,32,34)(H,33,35). The number of benzene rings is 3. The number of amides is 2. The number of hydrogen-bond acceptors (Lipinski definition) is 5. The van der Waals surface area contributed by atoms with Crippen molar-refractivity contribution >= 4 is 46.3 Å². The number of halogens is 1. The highest BCUT2D eigenvalue weighted by Gasteiger charge is 2.15. The lowest BCUT2D eigenvalue weighted by Crippen LogP contribution is -2.20. The predicted molar refractivity (Wildman–Crippen MR) is 140 cm³/mol. The molecule has 2 aliphatic heterocycles. The average molecular weight is 486 g/mol. The Kier molecular flexibility index (Phi) is 6.50. The first-order valence-corrected chi connectivity index (χ1v) is 11.8. The smallest absolute Gasteiger partial charge is 0.255 e. The van der Waals surface area contributed by atoms with Crippen molar-refractivity contribution in [1.29, 1.82) is 0 Å². The van der Waals surface area contributed by atoms with Crippen LogP contribution in [0.3, 0.4) is 0 Å². The van der Waals surface area contributed by atoms with Crippen LogP contribution in [0.4, 0.5) is 11.4 Å². The van der Waals surface area contributed by atoms with Crippen LogP contribution in [-0.4, -0.2) is 37.3 Å². The van der Waals surface area contributed by atoms with E-state index < -0.39 is 0 Å². The molecule has 7 nitrogen and oxygen atoms in total. The first kappa shape index (κ1) is 22.7. The van der Waals surface area contributed by atoms with E-state index >= 15 is 0 Å². The van der Waals surface area contributed by atoms with Crippen molar-refractivity contribution in [3.05, 3.63) is 100 Å². The summed E-state index contributed by atoms with van der Waals surface area (Å²) in [4.78, 5) is 30.3. The zero-order valence-corrected chi connectivity index (χ0v) is 19.7. The molecule has 0 saturated heterocycles. The minimum absolute atomic E-state index is 0.290. The highest BCUT2D eigenvalue weighted by Crippen LogP contribution is 2.22. The first-order valence-electron chi connectivity index (χ1n) is 11.4. The summed E-state index contributed by atoms with van der Waals surface area (Å²) in [5, 5.41) is 12.6. The molecule has 0 spiro atoms. The van der Waals surface area contributed by atoms with Crippen LogP contribution < -0.4 is 21.3 Å². The molecule has 0 aromatic heterocycles. The van der Waals surface area contributed by atoms with Gasteiger partial charge in [0.2, 0.25) is 0 Å². The zero-order chi connectivity index (χ0) is 24.2. The maximum Gasteiger partial charge on any atom is 0.255 e. The van der Waals surface area contributed by atoms with Crippen LogP contribution in [0.25, 0.3) is 5.70 Å². The maximum absolute atomic E-state index is 13.0. The van der Waals surface area contributed by atoms with Gasteiger partial charge in [0, 0.05) is 51.9 Å². The lowest BCUT2D eigenvalue weighted by atomic mass is 10.1. The lowest BCUT2D eigenvalue weighted by molar-refractivity contribution is 0.102. The van der Waals surface area contributed by atoms with Gasteiger partial charge in [-0.25, -0.2) is 0 Å². The molecule has 3 aromatic carbocycles. The van der Waals surface area contributed by atoms with E-state index in [0.717, 1.165) is 48.7 Å². The molecule has 2 amide bonds. The Bertz CT molecular complexity index is 1270. The normalized spacial score (nSPS) is 14.4. The van der Waals surface area contributed by atoms with Gasteiger partial charge in [-0.1, -0.05) is 41.9 Å². The van der Waals surface area contributed by atoms with Crippen molar-refractivity contribution in [2.45, 2.75) is 6.42 Å². The largest absolute Gasteiger partial charge is 0.385 e. The summed E-state index contributed by atoms with van der Waals surface area (Å²) in [5.74, 6) is 0.104. The van der Waals surface area contributed by atoms with E-state index in [0.29, 0.717) is 27.5 Å². The molecule has 176 valence electrons. The van der Waals surface area contributed by atoms with Gasteiger partial charge in [0.25, 0.3) is 11.8 Å². The quantitative estimate of drug-likeness (QED) is 0.412. The van der Waals surface area contributed by atoms with Crippen molar-refractivity contribution in [3.63, 3.8) is 0 Å². The molecular formula is C27H24ClN5O2. The summed E-state index contributed by atoms with van der Waals surface area (Å²) in [7, 11) is 0. The second kappa shape index (κ2) is 10.0. The number of hydrogen-bond donors (Lipinski definition) is 4. The lowest BCUT2D eigenvalue weighted by Gasteiger charge is -2.11. The van der Waals surface area contributed by atoms with Crippen LogP contribution in [0.2, 0.25) is 5.02 Å². The van der Waals surface area contributed by atoms with Crippen LogP contribution in [0, 0.1) is 0 Å². The van der Waals surface area contributed by atoms with E-state index in [1.54, 1.807) is 18.2 Å². The number of carbonyl (C=O) groups excluding carboxylic acids is 2. The van der Waals surface area contributed by atoms with E-state index in [1.807, 2.05) is 42.5 Å². The number of nitrogens with one attached hydrogen (secondary N) is 4. The molecule has 3 aromatic rings. The summed E-state index contributed by atoms with van der Waals surface area (Å²) < 4.78 is 0. The van der Waals surface area contributed by atoms with Gasteiger partial charge in [-0.05, 0) is 54.4 Å². The van der Waals surface area contributed by atoms with Gasteiger partial charge in [-0.3, -0.25) is 14.6 Å². The molecule has 0 bridgehead atoms. The summed E-state index contributed by atoms with van der Waals surface area (Å²) >= 11 is 6.27. The third kappa shape index (κ3) is 5.36. The molecule has 0 aliphatic carbocycles. The van der Waals surface area contributed by atoms with Crippen LogP contribution in [0.1, 0.15) is 38.3 Å². The monoisotopic (exact) mass is 485 g/mol. The van der Waals surface area contributed by atoms with Crippen LogP contribution in [0.5, 0.6) is 0 Å². The molecule has 8 heteroatoms. The fourth-order valence-electron chi connectivity index (χ4n) is 4.07. The second-order valence-corrected chi connectivity index (χ2v) is 8.73. The Hall–Kier alpha value is -4.10. The molecule has 2 heterocycles. The summed E-state index contributed by atoms with van der Waals surface area (Å²) in [6, 6.07) is 19.7. The molecule has 0 fully saturated rings. The van der Waals surface area contributed by atoms with E-state index in [2.05, 4.69) is 32.3 Å². The van der Waals surface area contributed by atoms with Gasteiger partial charge in [0.15, 0.2) is 0 Å². The van der Waals surface area contributed by atoms with Crippen molar-refractivity contribution in [2.24, 2.45) is 4.99 Å². The molecule has 35 heavy (non-hydrogen) atoms. The Morgan fingerprint density at radius 1 is 0.800 bits per heavy atom. The van der Waals surface area contributed by atoms with E-state index in [-0.39, 0.29) is 11.8 Å². The molecule has 0 unspecified atom stereocenters. The molecule has 5 rings (SSSR count). The fourth-order valence-corrected chi connectivity index (χ4v) is 4.31. The molecule has 0 saturated carbocycles. The zero-order valence-electron chi connectivity index (χ0n) is 18.9. The Labute approximate surface area is 208 Å². The van der Waals surface area contributed by atoms with E-state index in [9.17, 15) is 9.59 Å². The summed E-state index contributed by atoms with van der Waals surface area (Å²) in [6.45, 7) is 2.45. The van der Waals surface area contributed by atoms with Crippen molar-refractivity contribution in [1.82, 2.24) is 10.6 Å². The third-order valence-corrected chi connectivity index (χ3v) is 5.95. The molecule has 0 radical (unpaired) electrons. The highest BCUT2D eigenvalue weighted by molar-refractivity contribution is 6.31. The van der Waals surface area contributed by atoms with Crippen molar-refractivity contribution in [3.8, 4) is 0 Å². The highest BCUT2D eigenvalue weighted by atomic mass is 35.5. The molecule has 2 aliphatic rings. The average Bonchev–Trinajstić information content (AvgIpc) is 3.59. The maximum atomic E-state index is 13.0. The number of anilines is 2. The number of rotatable bonds is 6. The van der Waals surface area contributed by atoms with Gasteiger partial charge in [0.1, 0.15) is 5.84 Å². The minimum atomic E-state index is -0.360. The van der Waals surface area contributed by atoms with Gasteiger partial charge in [0.05, 0.1) is 6.54 Å². The van der Waals surface area contributed by atoms with E-state index in [4.69, 9.17) is 11.6 Å². The van der Waals surface area contributed by atoms with Crippen molar-refractivity contribution in [2.75, 3.05) is 30.3 Å². The fraction of sp³-hybridized carbons (Fsp3) is 0.148. The van der Waals surface area contributed by atoms with Gasteiger partial charge in [-0.2, -0.15) is 0 Å². The molecule has 4 N–H and O–H groups in total.